The van der Waals surface area contributed by atoms with E-state index in [1.807, 2.05) is 24.3 Å². The van der Waals surface area contributed by atoms with Crippen LogP contribution in [0.25, 0.3) is 10.8 Å². The van der Waals surface area contributed by atoms with E-state index in [-0.39, 0.29) is 0 Å². The Morgan fingerprint density at radius 3 is 2.73 bits per heavy atom. The third-order valence-electron chi connectivity index (χ3n) is 2.25. The van der Waals surface area contributed by atoms with Gasteiger partial charge in [-0.3, -0.25) is 0 Å². The number of ether oxygens (including phenoxy) is 1. The molecule has 1 nitrogen and oxygen atoms in total. The molecule has 0 aromatic heterocycles. The van der Waals surface area contributed by atoms with Crippen LogP contribution in [0.5, 0.6) is 5.75 Å². The van der Waals surface area contributed by atoms with Gasteiger partial charge in [-0.15, -0.1) is 12.3 Å². The highest BCUT2D eigenvalue weighted by Gasteiger charge is 1.99. The molecule has 0 spiro atoms. The Labute approximate surface area is 89.7 Å². The second-order valence-corrected chi connectivity index (χ2v) is 3.28. The van der Waals surface area contributed by atoms with Crippen molar-refractivity contribution >= 4 is 10.8 Å². The average molecular weight is 196 g/mol. The van der Waals surface area contributed by atoms with Gasteiger partial charge in [-0.1, -0.05) is 36.4 Å². The van der Waals surface area contributed by atoms with E-state index in [0.717, 1.165) is 11.1 Å². The molecule has 0 heterocycles. The van der Waals surface area contributed by atoms with E-state index in [2.05, 4.69) is 24.1 Å². The smallest absolute Gasteiger partial charge is 0.127 e. The molecule has 0 saturated carbocycles. The summed E-state index contributed by atoms with van der Waals surface area (Å²) >= 11 is 0. The predicted octanol–water partition coefficient (Wildman–Crippen LogP) is 3.24. The minimum Gasteiger partial charge on any atom is -0.492 e. The number of fused-ring (bicyclic) bond motifs is 1. The van der Waals surface area contributed by atoms with Gasteiger partial charge in [-0.05, 0) is 11.5 Å². The maximum atomic E-state index is 5.62. The zero-order valence-electron chi connectivity index (χ0n) is 8.44. The Bertz CT molecular complexity index is 489. The summed E-state index contributed by atoms with van der Waals surface area (Å²) in [7, 11) is 0. The molecule has 0 bridgehead atoms. The Hall–Kier alpha value is -1.94. The molecule has 0 N–H and O–H groups in total. The topological polar surface area (TPSA) is 9.23 Å². The first-order valence-electron chi connectivity index (χ1n) is 4.96. The van der Waals surface area contributed by atoms with Crippen molar-refractivity contribution in [2.75, 3.05) is 6.61 Å². The van der Waals surface area contributed by atoms with Crippen molar-refractivity contribution in [1.82, 2.24) is 0 Å². The van der Waals surface area contributed by atoms with E-state index in [1.165, 1.54) is 5.39 Å². The van der Waals surface area contributed by atoms with Gasteiger partial charge < -0.3 is 4.74 Å². The standard InChI is InChI=1S/C14H12O/c1-2-3-11-15-14-10-6-8-12-7-4-5-9-13(12)14/h1,4-10H,3,11H2. The highest BCUT2D eigenvalue weighted by atomic mass is 16.5. The van der Waals surface area contributed by atoms with Crippen molar-refractivity contribution in [2.24, 2.45) is 0 Å². The van der Waals surface area contributed by atoms with Gasteiger partial charge >= 0.3 is 0 Å². The molecule has 0 aliphatic heterocycles. The van der Waals surface area contributed by atoms with Crippen LogP contribution in [0.1, 0.15) is 6.42 Å². The third kappa shape index (κ3) is 2.11. The lowest BCUT2D eigenvalue weighted by atomic mass is 10.1. The number of benzene rings is 2. The van der Waals surface area contributed by atoms with Crippen LogP contribution < -0.4 is 4.74 Å². The lowest BCUT2D eigenvalue weighted by Crippen LogP contribution is -1.96. The largest absolute Gasteiger partial charge is 0.492 e. The van der Waals surface area contributed by atoms with Crippen LogP contribution in [0.15, 0.2) is 42.5 Å². The highest BCUT2D eigenvalue weighted by Crippen LogP contribution is 2.24. The lowest BCUT2D eigenvalue weighted by molar-refractivity contribution is 0.331. The van der Waals surface area contributed by atoms with Gasteiger partial charge in [-0.2, -0.15) is 0 Å². The summed E-state index contributed by atoms with van der Waals surface area (Å²) in [4.78, 5) is 0. The summed E-state index contributed by atoms with van der Waals surface area (Å²) in [5.41, 5.74) is 0. The van der Waals surface area contributed by atoms with Crippen LogP contribution in [0.2, 0.25) is 0 Å². The van der Waals surface area contributed by atoms with Crippen LogP contribution in [0.3, 0.4) is 0 Å². The Morgan fingerprint density at radius 1 is 1.07 bits per heavy atom. The summed E-state index contributed by atoms with van der Waals surface area (Å²) in [6.45, 7) is 0.574. The number of terminal acetylenes is 1. The van der Waals surface area contributed by atoms with E-state index >= 15 is 0 Å². The molecule has 0 amide bonds. The number of hydrogen-bond donors (Lipinski definition) is 0. The van der Waals surface area contributed by atoms with Crippen LogP contribution in [-0.2, 0) is 0 Å². The minimum atomic E-state index is 0.574. The monoisotopic (exact) mass is 196 g/mol. The van der Waals surface area contributed by atoms with E-state index in [9.17, 15) is 0 Å². The minimum absolute atomic E-state index is 0.574. The Morgan fingerprint density at radius 2 is 1.87 bits per heavy atom. The zero-order valence-corrected chi connectivity index (χ0v) is 8.44. The van der Waals surface area contributed by atoms with Gasteiger partial charge in [0.2, 0.25) is 0 Å². The Kier molecular flexibility index (Phi) is 2.90. The van der Waals surface area contributed by atoms with Gasteiger partial charge in [-0.25, -0.2) is 0 Å². The van der Waals surface area contributed by atoms with Crippen molar-refractivity contribution in [3.8, 4) is 18.1 Å². The number of hydrogen-bond acceptors (Lipinski definition) is 1. The van der Waals surface area contributed by atoms with Gasteiger partial charge in [0.15, 0.2) is 0 Å². The van der Waals surface area contributed by atoms with E-state index in [0.29, 0.717) is 13.0 Å². The first-order chi connectivity index (χ1) is 7.42. The van der Waals surface area contributed by atoms with Crippen LogP contribution >= 0.6 is 0 Å². The normalized spacial score (nSPS) is 9.80. The van der Waals surface area contributed by atoms with E-state index < -0.39 is 0 Å². The molecule has 74 valence electrons. The van der Waals surface area contributed by atoms with Crippen molar-refractivity contribution in [3.63, 3.8) is 0 Å². The third-order valence-corrected chi connectivity index (χ3v) is 2.25. The molecule has 0 radical (unpaired) electrons. The summed E-state index contributed by atoms with van der Waals surface area (Å²) < 4.78 is 5.62. The molecule has 2 rings (SSSR count). The molecule has 0 saturated heterocycles. The molecule has 0 aliphatic carbocycles. The SMILES string of the molecule is C#CCCOc1cccc2ccccc12. The van der Waals surface area contributed by atoms with Gasteiger partial charge in [0.1, 0.15) is 5.75 Å². The summed E-state index contributed by atoms with van der Waals surface area (Å²) in [5.74, 6) is 3.47. The fourth-order valence-corrected chi connectivity index (χ4v) is 1.54. The molecule has 0 atom stereocenters. The number of rotatable bonds is 3. The summed E-state index contributed by atoms with van der Waals surface area (Å²) in [6.07, 6.45) is 5.82. The maximum Gasteiger partial charge on any atom is 0.127 e. The van der Waals surface area contributed by atoms with Gasteiger partial charge in [0.25, 0.3) is 0 Å². The highest BCUT2D eigenvalue weighted by molar-refractivity contribution is 5.88. The molecule has 0 unspecified atom stereocenters. The first kappa shape index (κ1) is 9.61. The first-order valence-corrected chi connectivity index (χ1v) is 4.96. The predicted molar refractivity (Wildman–Crippen MR) is 62.9 cm³/mol. The van der Waals surface area contributed by atoms with E-state index in [1.54, 1.807) is 0 Å². The average Bonchev–Trinajstić information content (AvgIpc) is 2.30. The second-order valence-electron chi connectivity index (χ2n) is 3.28. The molecule has 2 aromatic rings. The molecular weight excluding hydrogens is 184 g/mol. The van der Waals surface area contributed by atoms with Crippen LogP contribution in [-0.4, -0.2) is 6.61 Å². The quantitative estimate of drug-likeness (QED) is 0.541. The molecule has 0 aliphatic rings. The Balaban J connectivity index is 2.31. The maximum absolute atomic E-state index is 5.62. The summed E-state index contributed by atoms with van der Waals surface area (Å²) in [5, 5.41) is 2.33. The molecule has 2 aromatic carbocycles. The van der Waals surface area contributed by atoms with Crippen LogP contribution in [0, 0.1) is 12.3 Å². The fraction of sp³-hybridized carbons (Fsp3) is 0.143. The molecule has 15 heavy (non-hydrogen) atoms. The van der Waals surface area contributed by atoms with Crippen molar-refractivity contribution in [1.29, 1.82) is 0 Å². The van der Waals surface area contributed by atoms with Crippen LogP contribution in [0.4, 0.5) is 0 Å². The van der Waals surface area contributed by atoms with Crippen molar-refractivity contribution < 1.29 is 4.74 Å². The van der Waals surface area contributed by atoms with Crippen molar-refractivity contribution in [3.05, 3.63) is 42.5 Å². The van der Waals surface area contributed by atoms with E-state index in [4.69, 9.17) is 11.2 Å². The van der Waals surface area contributed by atoms with Gasteiger partial charge in [0, 0.05) is 11.8 Å². The molecule has 1 heteroatoms. The van der Waals surface area contributed by atoms with Crippen molar-refractivity contribution in [2.45, 2.75) is 6.42 Å². The molecular formula is C14H12O. The summed E-state index contributed by atoms with van der Waals surface area (Å²) in [6, 6.07) is 14.2. The molecule has 0 fully saturated rings. The van der Waals surface area contributed by atoms with Gasteiger partial charge in [0.05, 0.1) is 6.61 Å². The lowest BCUT2D eigenvalue weighted by Gasteiger charge is -2.07. The fourth-order valence-electron chi connectivity index (χ4n) is 1.54. The zero-order chi connectivity index (χ0) is 10.5. The second kappa shape index (κ2) is 4.52.